The standard InChI is InChI=1S/C26H25F2N5S.C26H28F2N4S/c1-17(24-32-23(13-34-24)19-7-5-18(12-29)6-8-19)26(25(2,3)4,14-33-16-30-15-31-33)21-10-9-20(27)11-22(21)28;1-17-6-8-19(9-7-17)23-13-33-24(31-23)18(2)26(25(3,4)5,14-32-16-29-15-30-32)21-12-20(27)10-11-22(21)28/h5-11,13,15-17H,14H2,1-4H3;6-13,15-16,18H,14H2,1-5H3/t17-,26+;18-,26+/m00/s1. The maximum atomic E-state index is 15.4. The lowest BCUT2D eigenvalue weighted by atomic mass is 9.56. The van der Waals surface area contributed by atoms with E-state index in [4.69, 9.17) is 15.2 Å². The topological polar surface area (TPSA) is 111 Å². The number of aromatic nitrogens is 8. The lowest BCUT2D eigenvalue weighted by Crippen LogP contribution is -2.48. The quantitative estimate of drug-likeness (QED) is 0.112. The number of benzene rings is 4. The third-order valence-corrected chi connectivity index (χ3v) is 15.2. The maximum absolute atomic E-state index is 15.4. The molecule has 0 aliphatic carbocycles. The average Bonchev–Trinajstić information content (AvgIpc) is 4.15. The van der Waals surface area contributed by atoms with Gasteiger partial charge in [-0.1, -0.05) is 103 Å². The molecule has 0 unspecified atom stereocenters. The molecule has 0 aliphatic heterocycles. The number of nitriles is 1. The van der Waals surface area contributed by atoms with Gasteiger partial charge in [-0.3, -0.25) is 9.36 Å². The molecule has 0 radical (unpaired) electrons. The molecule has 67 heavy (non-hydrogen) atoms. The second-order valence-corrected chi connectivity index (χ2v) is 20.8. The van der Waals surface area contributed by atoms with Crippen LogP contribution in [0.5, 0.6) is 0 Å². The van der Waals surface area contributed by atoms with Crippen molar-refractivity contribution < 1.29 is 17.6 Å². The van der Waals surface area contributed by atoms with Gasteiger partial charge in [-0.25, -0.2) is 37.5 Å². The molecule has 0 fully saturated rings. The van der Waals surface area contributed by atoms with Gasteiger partial charge >= 0.3 is 0 Å². The van der Waals surface area contributed by atoms with Gasteiger partial charge in [0.1, 0.15) is 48.6 Å². The molecule has 15 heteroatoms. The third kappa shape index (κ3) is 9.87. The Kier molecular flexibility index (Phi) is 14.1. The summed E-state index contributed by atoms with van der Waals surface area (Å²) >= 11 is 3.05. The van der Waals surface area contributed by atoms with E-state index in [9.17, 15) is 8.78 Å². The fourth-order valence-electron chi connectivity index (χ4n) is 9.42. The van der Waals surface area contributed by atoms with Gasteiger partial charge in [-0.05, 0) is 65.3 Å². The van der Waals surface area contributed by atoms with Gasteiger partial charge in [0.15, 0.2) is 0 Å². The SMILES string of the molecule is C[C@@H](c1nc(-c2ccc(C#N)cc2)cs1)[C@](Cn1cncn1)(c1ccc(F)cc1F)C(C)(C)C.Cc1ccc(-c2csc([C@H](C)[C@](Cn3cncn3)(c3cc(F)ccc3F)C(C)(C)C)n2)cc1. The van der Waals surface area contributed by atoms with Crippen LogP contribution < -0.4 is 0 Å². The average molecular weight is 944 g/mol. The molecule has 0 bridgehead atoms. The molecule has 346 valence electrons. The second kappa shape index (κ2) is 19.5. The molecule has 4 aromatic heterocycles. The zero-order valence-corrected chi connectivity index (χ0v) is 40.6. The minimum atomic E-state index is -0.852. The van der Waals surface area contributed by atoms with Crippen molar-refractivity contribution in [3.63, 3.8) is 0 Å². The zero-order chi connectivity index (χ0) is 48.3. The highest BCUT2D eigenvalue weighted by Crippen LogP contribution is 2.55. The van der Waals surface area contributed by atoms with Crippen LogP contribution in [0.3, 0.4) is 0 Å². The zero-order valence-electron chi connectivity index (χ0n) is 39.0. The van der Waals surface area contributed by atoms with Gasteiger partial charge in [0.2, 0.25) is 0 Å². The summed E-state index contributed by atoms with van der Waals surface area (Å²) in [6, 6.07) is 25.1. The normalized spacial score (nSPS) is 14.6. The number of thiazole rings is 2. The van der Waals surface area contributed by atoms with Gasteiger partial charge < -0.3 is 0 Å². The van der Waals surface area contributed by atoms with E-state index in [1.54, 1.807) is 51.6 Å². The van der Waals surface area contributed by atoms with Crippen molar-refractivity contribution in [2.45, 2.75) is 98.1 Å². The largest absolute Gasteiger partial charge is 0.252 e. The molecular weight excluding hydrogens is 891 g/mol. The van der Waals surface area contributed by atoms with Crippen molar-refractivity contribution in [1.29, 1.82) is 5.26 Å². The molecule has 8 aromatic rings. The van der Waals surface area contributed by atoms with Crippen LogP contribution in [0, 0.1) is 52.4 Å². The van der Waals surface area contributed by atoms with E-state index >= 15 is 8.78 Å². The van der Waals surface area contributed by atoms with Crippen LogP contribution in [0.15, 0.2) is 121 Å². The Labute approximate surface area is 397 Å². The van der Waals surface area contributed by atoms with Gasteiger partial charge in [0.05, 0.1) is 46.1 Å². The Hall–Kier alpha value is -6.37. The Morgan fingerprint density at radius 2 is 1.06 bits per heavy atom. The summed E-state index contributed by atoms with van der Waals surface area (Å²) < 4.78 is 62.5. The minimum absolute atomic E-state index is 0.234. The maximum Gasteiger partial charge on any atom is 0.137 e. The van der Waals surface area contributed by atoms with Crippen molar-refractivity contribution >= 4 is 22.7 Å². The molecule has 4 heterocycles. The van der Waals surface area contributed by atoms with Gasteiger partial charge in [0.25, 0.3) is 0 Å². The van der Waals surface area contributed by atoms with E-state index in [1.807, 2.05) is 43.7 Å². The van der Waals surface area contributed by atoms with Gasteiger partial charge in [-0.2, -0.15) is 15.5 Å². The van der Waals surface area contributed by atoms with Crippen LogP contribution in [0.1, 0.15) is 99.5 Å². The Morgan fingerprint density at radius 1 is 0.597 bits per heavy atom. The summed E-state index contributed by atoms with van der Waals surface area (Å²) in [5.74, 6) is -2.59. The fourth-order valence-corrected chi connectivity index (χ4v) is 11.4. The monoisotopic (exact) mass is 943 g/mol. The minimum Gasteiger partial charge on any atom is -0.252 e. The van der Waals surface area contributed by atoms with E-state index in [1.165, 1.54) is 47.8 Å². The predicted octanol–water partition coefficient (Wildman–Crippen LogP) is 13.1. The summed E-state index contributed by atoms with van der Waals surface area (Å²) in [7, 11) is 0. The summed E-state index contributed by atoms with van der Waals surface area (Å²) in [4.78, 5) is 18.0. The first-order chi connectivity index (χ1) is 31.8. The predicted molar refractivity (Wildman–Crippen MR) is 256 cm³/mol. The number of hydrogen-bond acceptors (Lipinski definition) is 9. The number of halogens is 4. The number of aryl methyl sites for hydroxylation is 1. The van der Waals surface area contributed by atoms with E-state index in [0.717, 1.165) is 44.7 Å². The van der Waals surface area contributed by atoms with E-state index in [-0.39, 0.29) is 11.8 Å². The molecule has 0 saturated carbocycles. The molecule has 9 nitrogen and oxygen atoms in total. The first-order valence-electron chi connectivity index (χ1n) is 21.8. The third-order valence-electron chi connectivity index (χ3n) is 13.2. The Bertz CT molecular complexity index is 2950. The van der Waals surface area contributed by atoms with E-state index < -0.39 is 44.9 Å². The fraction of sp³-hybridized carbons (Fsp3) is 0.327. The Balaban J connectivity index is 0.000000199. The molecular formula is C52H53F4N9S2. The van der Waals surface area contributed by atoms with Crippen LogP contribution in [0.25, 0.3) is 22.5 Å². The summed E-state index contributed by atoms with van der Waals surface area (Å²) in [6.45, 7) is 19.1. The van der Waals surface area contributed by atoms with Gasteiger partial charge in [-0.15, -0.1) is 22.7 Å². The van der Waals surface area contributed by atoms with Crippen molar-refractivity contribution in [2.24, 2.45) is 10.8 Å². The molecule has 0 amide bonds. The van der Waals surface area contributed by atoms with Crippen molar-refractivity contribution in [1.82, 2.24) is 39.5 Å². The molecule has 0 spiro atoms. The molecule has 0 saturated heterocycles. The Morgan fingerprint density at radius 3 is 1.51 bits per heavy atom. The first-order valence-corrected chi connectivity index (χ1v) is 23.6. The second-order valence-electron chi connectivity index (χ2n) is 19.0. The van der Waals surface area contributed by atoms with Crippen molar-refractivity contribution in [3.8, 4) is 28.6 Å². The van der Waals surface area contributed by atoms with Crippen LogP contribution in [-0.4, -0.2) is 39.5 Å². The number of nitrogens with zero attached hydrogens (tertiary/aromatic N) is 9. The van der Waals surface area contributed by atoms with Crippen LogP contribution in [0.2, 0.25) is 0 Å². The lowest BCUT2D eigenvalue weighted by molar-refractivity contribution is 0.115. The number of hydrogen-bond donors (Lipinski definition) is 0. The highest BCUT2D eigenvalue weighted by Gasteiger charge is 2.52. The molecule has 4 atom stereocenters. The van der Waals surface area contributed by atoms with E-state index in [2.05, 4.69) is 92.0 Å². The van der Waals surface area contributed by atoms with E-state index in [0.29, 0.717) is 29.8 Å². The molecule has 8 rings (SSSR count). The summed E-state index contributed by atoms with van der Waals surface area (Å²) in [6.07, 6.45) is 6.13. The molecule has 0 aliphatic rings. The number of rotatable bonds is 12. The van der Waals surface area contributed by atoms with Crippen LogP contribution >= 0.6 is 22.7 Å². The lowest BCUT2D eigenvalue weighted by Gasteiger charge is -2.49. The van der Waals surface area contributed by atoms with Crippen molar-refractivity contribution in [3.05, 3.63) is 177 Å². The summed E-state index contributed by atoms with van der Waals surface area (Å²) in [5, 5.41) is 23.4. The highest BCUT2D eigenvalue weighted by molar-refractivity contribution is 7.10. The smallest absolute Gasteiger partial charge is 0.137 e. The van der Waals surface area contributed by atoms with Crippen LogP contribution in [0.4, 0.5) is 17.6 Å². The first kappa shape index (κ1) is 48.6. The highest BCUT2D eigenvalue weighted by atomic mass is 32.1. The molecule has 0 N–H and O–H groups in total. The molecule has 4 aromatic carbocycles. The summed E-state index contributed by atoms with van der Waals surface area (Å²) in [5.41, 5.74) is 3.51. The van der Waals surface area contributed by atoms with Crippen LogP contribution in [-0.2, 0) is 23.9 Å². The van der Waals surface area contributed by atoms with Gasteiger partial charge in [0, 0.05) is 50.6 Å². The van der Waals surface area contributed by atoms with Crippen molar-refractivity contribution in [2.75, 3.05) is 0 Å².